The van der Waals surface area contributed by atoms with Crippen LogP contribution in [0.3, 0.4) is 0 Å². The van der Waals surface area contributed by atoms with Crippen LogP contribution in [0.15, 0.2) is 56.4 Å². The summed E-state index contributed by atoms with van der Waals surface area (Å²) >= 11 is 0.554. The van der Waals surface area contributed by atoms with Crippen LogP contribution in [-0.4, -0.2) is 18.2 Å². The summed E-state index contributed by atoms with van der Waals surface area (Å²) in [7, 11) is -4.43. The van der Waals surface area contributed by atoms with Gasteiger partial charge in [0.25, 0.3) is 10.1 Å². The van der Waals surface area contributed by atoms with Crippen molar-refractivity contribution in [2.24, 2.45) is 10.2 Å². The minimum Gasteiger partial charge on any atom is -0.399 e. The van der Waals surface area contributed by atoms with Gasteiger partial charge in [-0.2, -0.15) is 8.42 Å². The van der Waals surface area contributed by atoms with Gasteiger partial charge in [-0.1, -0.05) is 5.04 Å². The topological polar surface area (TPSA) is 170 Å². The Balaban J connectivity index is 2.43. The van der Waals surface area contributed by atoms with E-state index in [0.29, 0.717) is 23.4 Å². The fourth-order valence-electron chi connectivity index (χ4n) is 1.63. The molecule has 0 atom stereocenters. The van der Waals surface area contributed by atoms with Crippen molar-refractivity contribution in [1.82, 2.24) is 0 Å². The Kier molecular flexibility index (Phi) is 5.71. The van der Waals surface area contributed by atoms with E-state index in [2.05, 4.69) is 19.6 Å². The highest BCUT2D eigenvalue weighted by atomic mass is 32.2. The highest BCUT2D eigenvalue weighted by Gasteiger charge is 2.14. The molecular weight excluding hydrogens is 360 g/mol. The van der Waals surface area contributed by atoms with Gasteiger partial charge in [-0.05, 0) is 36.4 Å². The molecule has 0 heterocycles. The molecule has 0 spiro atoms. The normalized spacial score (nSPS) is 11.9. The van der Waals surface area contributed by atoms with Gasteiger partial charge in [0.1, 0.15) is 11.4 Å². The van der Waals surface area contributed by atoms with Gasteiger partial charge in [-0.25, -0.2) is 5.26 Å². The van der Waals surface area contributed by atoms with Crippen LogP contribution in [0, 0.1) is 0 Å². The number of rotatable bonds is 6. The Morgan fingerprint density at radius 3 is 2.38 bits per heavy atom. The van der Waals surface area contributed by atoms with E-state index in [4.69, 9.17) is 21.3 Å². The van der Waals surface area contributed by atoms with Gasteiger partial charge in [0.05, 0.1) is 27.5 Å². The van der Waals surface area contributed by atoms with Crippen molar-refractivity contribution in [3.63, 3.8) is 0 Å². The molecule has 0 unspecified atom stereocenters. The molecule has 0 saturated carbocycles. The van der Waals surface area contributed by atoms with E-state index >= 15 is 0 Å². The second-order valence-corrected chi connectivity index (χ2v) is 6.51. The third-order valence-corrected chi connectivity index (χ3v) is 4.20. The molecule has 0 radical (unpaired) electrons. The smallest absolute Gasteiger partial charge is 0.294 e. The highest BCUT2D eigenvalue weighted by Crippen LogP contribution is 2.34. The van der Waals surface area contributed by atoms with E-state index in [1.165, 1.54) is 18.2 Å². The maximum atomic E-state index is 11.2. The Hall–Kier alpha value is -2.22. The van der Waals surface area contributed by atoms with E-state index in [1.807, 2.05) is 0 Å². The van der Waals surface area contributed by atoms with Gasteiger partial charge in [-0.15, -0.1) is 14.6 Å². The number of benzene rings is 2. The standard InChI is InChI=1S/C12H12N4O6S2/c13-7-1-3-10(9(14)5-7)15-16-11-6-8(24(18,19)20)2-4-12(11)23-22-21-17/h1-6,17H,13-14H2,(H,18,19,20). The predicted molar refractivity (Wildman–Crippen MR) is 86.4 cm³/mol. The average molecular weight is 372 g/mol. The maximum absolute atomic E-state index is 11.2. The molecule has 12 heteroatoms. The minimum atomic E-state index is -4.43. The van der Waals surface area contributed by atoms with Crippen molar-refractivity contribution in [3.05, 3.63) is 36.4 Å². The molecule has 0 aromatic heterocycles. The van der Waals surface area contributed by atoms with Crippen LogP contribution in [-0.2, 0) is 19.5 Å². The molecule has 0 saturated heterocycles. The second-order valence-electron chi connectivity index (χ2n) is 4.35. The lowest BCUT2D eigenvalue weighted by molar-refractivity contribution is -0.432. The molecule has 2 aromatic carbocycles. The van der Waals surface area contributed by atoms with Crippen LogP contribution in [0.5, 0.6) is 0 Å². The highest BCUT2D eigenvalue weighted by molar-refractivity contribution is 7.94. The zero-order chi connectivity index (χ0) is 17.7. The van der Waals surface area contributed by atoms with Crippen molar-refractivity contribution in [1.29, 1.82) is 0 Å². The Morgan fingerprint density at radius 2 is 1.75 bits per heavy atom. The van der Waals surface area contributed by atoms with Gasteiger partial charge in [-0.3, -0.25) is 4.55 Å². The number of nitrogens with two attached hydrogens (primary N) is 2. The van der Waals surface area contributed by atoms with E-state index in [-0.39, 0.29) is 16.3 Å². The lowest BCUT2D eigenvalue weighted by atomic mass is 10.2. The first-order chi connectivity index (χ1) is 11.3. The van der Waals surface area contributed by atoms with Crippen LogP contribution in [0.4, 0.5) is 22.7 Å². The lowest BCUT2D eigenvalue weighted by Crippen LogP contribution is -1.97. The summed E-state index contributed by atoms with van der Waals surface area (Å²) in [6.45, 7) is 0. The third kappa shape index (κ3) is 4.64. The fraction of sp³-hybridized carbons (Fsp3) is 0. The summed E-state index contributed by atoms with van der Waals surface area (Å²) in [5, 5.41) is 19.5. The monoisotopic (exact) mass is 372 g/mol. The molecule has 10 nitrogen and oxygen atoms in total. The zero-order valence-corrected chi connectivity index (χ0v) is 13.5. The average Bonchev–Trinajstić information content (AvgIpc) is 2.51. The summed E-state index contributed by atoms with van der Waals surface area (Å²) < 4.78 is 35.8. The van der Waals surface area contributed by atoms with E-state index in [0.717, 1.165) is 12.1 Å². The van der Waals surface area contributed by atoms with Gasteiger partial charge in [0.15, 0.2) is 0 Å². The molecule has 128 valence electrons. The third-order valence-electron chi connectivity index (χ3n) is 2.70. The first kappa shape index (κ1) is 18.1. The molecule has 0 fully saturated rings. The van der Waals surface area contributed by atoms with Crippen LogP contribution in [0.1, 0.15) is 0 Å². The summed E-state index contributed by atoms with van der Waals surface area (Å²) in [5.41, 5.74) is 12.4. The quantitative estimate of drug-likeness (QED) is 0.149. The van der Waals surface area contributed by atoms with Crippen LogP contribution in [0.2, 0.25) is 0 Å². The summed E-state index contributed by atoms with van der Waals surface area (Å²) in [4.78, 5) is -0.134. The molecule has 6 N–H and O–H groups in total. The number of nitrogen functional groups attached to an aromatic ring is 2. The van der Waals surface area contributed by atoms with Gasteiger partial charge >= 0.3 is 0 Å². The van der Waals surface area contributed by atoms with Gasteiger partial charge in [0, 0.05) is 5.69 Å². The number of azo groups is 1. The van der Waals surface area contributed by atoms with Crippen molar-refractivity contribution in [2.75, 3.05) is 11.5 Å². The lowest BCUT2D eigenvalue weighted by Gasteiger charge is -2.05. The molecule has 24 heavy (non-hydrogen) atoms. The fourth-order valence-corrected chi connectivity index (χ4v) is 2.54. The molecule has 2 aromatic rings. The Morgan fingerprint density at radius 1 is 1.04 bits per heavy atom. The van der Waals surface area contributed by atoms with Crippen molar-refractivity contribution in [2.45, 2.75) is 9.79 Å². The molecule has 0 aliphatic heterocycles. The van der Waals surface area contributed by atoms with Crippen LogP contribution >= 0.6 is 12.0 Å². The predicted octanol–water partition coefficient (Wildman–Crippen LogP) is 2.94. The second kappa shape index (κ2) is 7.57. The first-order valence-electron chi connectivity index (χ1n) is 6.14. The molecular formula is C12H12N4O6S2. The van der Waals surface area contributed by atoms with Crippen LogP contribution in [0.25, 0.3) is 0 Å². The largest absolute Gasteiger partial charge is 0.399 e. The number of anilines is 2. The van der Waals surface area contributed by atoms with E-state index < -0.39 is 15.0 Å². The minimum absolute atomic E-state index is 0.0309. The van der Waals surface area contributed by atoms with E-state index in [9.17, 15) is 8.42 Å². The molecule has 2 rings (SSSR count). The summed E-state index contributed by atoms with van der Waals surface area (Å²) in [6, 6.07) is 8.05. The summed E-state index contributed by atoms with van der Waals surface area (Å²) in [5.74, 6) is 0. The van der Waals surface area contributed by atoms with Crippen LogP contribution < -0.4 is 11.5 Å². The number of nitrogens with zero attached hydrogens (tertiary/aromatic N) is 2. The summed E-state index contributed by atoms with van der Waals surface area (Å²) in [6.07, 6.45) is 0. The van der Waals surface area contributed by atoms with Crippen molar-refractivity contribution in [3.8, 4) is 0 Å². The first-order valence-corrected chi connectivity index (χ1v) is 8.32. The van der Waals surface area contributed by atoms with Gasteiger partial charge < -0.3 is 11.5 Å². The number of hydrogen-bond acceptors (Lipinski definition) is 10. The van der Waals surface area contributed by atoms with Crippen molar-refractivity contribution >= 4 is 44.9 Å². The van der Waals surface area contributed by atoms with E-state index in [1.54, 1.807) is 6.07 Å². The molecule has 0 bridgehead atoms. The molecule has 0 aliphatic rings. The zero-order valence-electron chi connectivity index (χ0n) is 11.9. The Bertz CT molecular complexity index is 872. The van der Waals surface area contributed by atoms with Crippen molar-refractivity contribution < 1.29 is 27.6 Å². The maximum Gasteiger partial charge on any atom is 0.294 e. The number of hydrogen-bond donors (Lipinski definition) is 4. The Labute approximate surface area is 140 Å². The SMILES string of the molecule is Nc1ccc(N=Nc2cc(S(=O)(=O)O)ccc2SOOO)c(N)c1. The molecule has 0 amide bonds. The molecule has 0 aliphatic carbocycles. The van der Waals surface area contributed by atoms with Gasteiger partial charge in [0.2, 0.25) is 0 Å².